The Morgan fingerprint density at radius 3 is 1.83 bits per heavy atom. The molecule has 344 valence electrons. The summed E-state index contributed by atoms with van der Waals surface area (Å²) in [5.74, 6) is 2.56. The van der Waals surface area contributed by atoms with Crippen molar-refractivity contribution in [2.45, 2.75) is 78.0 Å². The van der Waals surface area contributed by atoms with Crippen LogP contribution in [0.4, 0.5) is 13.2 Å². The number of esters is 2. The average molecular weight is 951 g/mol. The van der Waals surface area contributed by atoms with Crippen molar-refractivity contribution >= 4 is 75.8 Å². The van der Waals surface area contributed by atoms with Gasteiger partial charge in [0.05, 0.1) is 33.8 Å². The molecule has 0 radical (unpaired) electrons. The zero-order chi connectivity index (χ0) is 45.9. The topological polar surface area (TPSA) is 184 Å². The SMILES string of the molecule is CCC(=O)N(C)CCN(CCSCCC(=O)OC)C(=O)CC.CCC1=NCCO1.CCC1OCCN1C.COC(=O)CC[S-].Clc1ccccc1.O=S(=O)([O-])C(F)(F)F.[Na+]. The maximum absolute atomic E-state index is 11.9. The number of hydrogen-bond acceptors (Lipinski definition) is 15. The molecule has 1 unspecified atom stereocenters. The standard InChI is InChI=1S/C15H28N2O4S.C6H5Cl.C6H13NO.C5H9NO.C4H8O2S.CHF3O3S.Na/c1-5-13(18)16(3)8-9-17(14(19)6-2)10-12-22-11-7-15(20)21-4;7-6-4-2-1-3-5-6;1-3-6-7(2)4-5-8-6;1-2-5-6-3-4-7-5;1-6-4(5)2-3-7;2-1(3,4)8(5,6)7;/h5-12H2,1-4H3;1-5H;6H,3-5H2,1-2H3;2-4H2,1H3;7H,2-3H2,1H3;(H,5,6,7);/q;;;;;;+1/p-2. The fraction of sp³-hybridized carbons (Fsp3) is 0.703. The second-order valence-electron chi connectivity index (χ2n) is 11.8. The molecule has 2 aliphatic rings. The van der Waals surface area contributed by atoms with Crippen molar-refractivity contribution < 1.29 is 93.8 Å². The second kappa shape index (κ2) is 40.0. The fourth-order valence-corrected chi connectivity index (χ4v) is 5.19. The third kappa shape index (κ3) is 36.8. The summed E-state index contributed by atoms with van der Waals surface area (Å²) in [4.78, 5) is 54.3. The number of halogens is 4. The maximum atomic E-state index is 11.9. The van der Waals surface area contributed by atoms with Crippen LogP contribution in [0, 0.1) is 0 Å². The van der Waals surface area contributed by atoms with Gasteiger partial charge in [0.25, 0.3) is 0 Å². The van der Waals surface area contributed by atoms with Gasteiger partial charge in [-0.2, -0.15) is 30.7 Å². The molecule has 15 nitrogen and oxygen atoms in total. The minimum absolute atomic E-state index is 0. The summed E-state index contributed by atoms with van der Waals surface area (Å²) < 4.78 is 78.2. The minimum Gasteiger partial charge on any atom is -0.792 e. The van der Waals surface area contributed by atoms with Crippen LogP contribution in [0.15, 0.2) is 35.3 Å². The van der Waals surface area contributed by atoms with Gasteiger partial charge in [0.1, 0.15) is 12.8 Å². The van der Waals surface area contributed by atoms with Crippen molar-refractivity contribution in [1.29, 1.82) is 0 Å². The third-order valence-corrected chi connectivity index (χ3v) is 9.36. The molecule has 0 aromatic heterocycles. The number of carbonyl (C=O) groups excluding carboxylic acids is 4. The Hall–Kier alpha value is -1.82. The predicted molar refractivity (Wildman–Crippen MR) is 226 cm³/mol. The van der Waals surface area contributed by atoms with Gasteiger partial charge < -0.3 is 45.9 Å². The smallest absolute Gasteiger partial charge is 0.792 e. The van der Waals surface area contributed by atoms with Gasteiger partial charge in [-0.15, -0.1) is 0 Å². The van der Waals surface area contributed by atoms with Gasteiger partial charge >= 0.3 is 47.0 Å². The Labute approximate surface area is 391 Å². The normalized spacial score (nSPS) is 14.0. The van der Waals surface area contributed by atoms with Gasteiger partial charge in [-0.1, -0.05) is 57.5 Å². The molecule has 1 aromatic rings. The summed E-state index contributed by atoms with van der Waals surface area (Å²) in [5, 5.41) is 0.794. The number of methoxy groups -OCH3 is 2. The molecule has 0 saturated carbocycles. The number of hydrogen-bond donors (Lipinski definition) is 0. The van der Waals surface area contributed by atoms with E-state index in [0.717, 1.165) is 55.8 Å². The van der Waals surface area contributed by atoms with E-state index >= 15 is 0 Å². The van der Waals surface area contributed by atoms with Gasteiger partial charge in [-0.25, -0.2) is 8.42 Å². The van der Waals surface area contributed by atoms with Crippen LogP contribution in [-0.4, -0.2) is 161 Å². The van der Waals surface area contributed by atoms with Crippen LogP contribution in [0.25, 0.3) is 0 Å². The fourth-order valence-electron chi connectivity index (χ4n) is 4.01. The Kier molecular flexibility index (Phi) is 43.2. The van der Waals surface area contributed by atoms with Crippen LogP contribution >= 0.6 is 23.4 Å². The van der Waals surface area contributed by atoms with Crippen molar-refractivity contribution in [3.8, 4) is 0 Å². The molecule has 1 atom stereocenters. The summed E-state index contributed by atoms with van der Waals surface area (Å²) in [5.41, 5.74) is -5.65. The van der Waals surface area contributed by atoms with E-state index in [2.05, 4.69) is 46.0 Å². The first-order valence-corrected chi connectivity index (χ1v) is 22.2. The van der Waals surface area contributed by atoms with Gasteiger partial charge in [0, 0.05) is 75.4 Å². The molecule has 2 heterocycles. The summed E-state index contributed by atoms with van der Waals surface area (Å²) in [6.45, 7) is 13.2. The Balaban J connectivity index is -0.000000341. The van der Waals surface area contributed by atoms with Crippen LogP contribution in [0.5, 0.6) is 0 Å². The van der Waals surface area contributed by atoms with Gasteiger partial charge in [-0.05, 0) is 25.6 Å². The first-order chi connectivity index (χ1) is 27.7. The van der Waals surface area contributed by atoms with E-state index in [0.29, 0.717) is 63.1 Å². The van der Waals surface area contributed by atoms with E-state index in [-0.39, 0.29) is 53.3 Å². The molecular formula is C37H62ClF3N4NaO11S3-. The molecule has 0 N–H and O–H groups in total. The molecule has 0 bridgehead atoms. The van der Waals surface area contributed by atoms with E-state index < -0.39 is 15.6 Å². The number of aliphatic imine (C=N–C) groups is 1. The molecule has 0 spiro atoms. The van der Waals surface area contributed by atoms with E-state index in [1.165, 1.54) is 14.2 Å². The van der Waals surface area contributed by atoms with Crippen LogP contribution in [0.2, 0.25) is 5.02 Å². The Bertz CT molecular complexity index is 1430. The zero-order valence-electron chi connectivity index (χ0n) is 36.3. The van der Waals surface area contributed by atoms with Crippen molar-refractivity contribution in [3.05, 3.63) is 35.4 Å². The van der Waals surface area contributed by atoms with E-state index in [4.69, 9.17) is 34.0 Å². The molecule has 60 heavy (non-hydrogen) atoms. The first kappa shape index (κ1) is 64.8. The summed E-state index contributed by atoms with van der Waals surface area (Å²) in [6, 6.07) is 9.44. The number of alkyl halides is 3. The van der Waals surface area contributed by atoms with Crippen LogP contribution < -0.4 is 29.6 Å². The number of likely N-dealkylation sites (N-methyl/N-ethyl adjacent to an activating group) is 2. The Morgan fingerprint density at radius 1 is 0.967 bits per heavy atom. The molecule has 3 rings (SSSR count). The van der Waals surface area contributed by atoms with Gasteiger partial charge in [0.15, 0.2) is 16.0 Å². The van der Waals surface area contributed by atoms with E-state index in [1.54, 1.807) is 28.6 Å². The average Bonchev–Trinajstić information content (AvgIpc) is 3.90. The summed E-state index contributed by atoms with van der Waals surface area (Å²) >= 11 is 11.7. The third-order valence-electron chi connectivity index (χ3n) is 7.37. The minimum atomic E-state index is -6.09. The predicted octanol–water partition coefficient (Wildman–Crippen LogP) is 2.39. The van der Waals surface area contributed by atoms with Gasteiger partial charge in [0.2, 0.25) is 11.8 Å². The molecule has 23 heteroatoms. The van der Waals surface area contributed by atoms with Crippen LogP contribution in [0.3, 0.4) is 0 Å². The Morgan fingerprint density at radius 2 is 1.52 bits per heavy atom. The van der Waals surface area contributed by atoms with Crippen LogP contribution in [-0.2, 0) is 60.9 Å². The number of amides is 2. The molecule has 2 aliphatic heterocycles. The summed E-state index contributed by atoms with van der Waals surface area (Å²) in [6.07, 6.45) is 4.12. The largest absolute Gasteiger partial charge is 1.00 e. The zero-order valence-corrected chi connectivity index (χ0v) is 41.5. The monoisotopic (exact) mass is 949 g/mol. The number of rotatable bonds is 15. The van der Waals surface area contributed by atoms with Crippen molar-refractivity contribution in [2.24, 2.45) is 4.99 Å². The molecule has 1 saturated heterocycles. The number of benzene rings is 1. The number of nitrogens with zero attached hydrogens (tertiary/aromatic N) is 4. The quantitative estimate of drug-likeness (QED) is 0.0624. The molecule has 0 aliphatic carbocycles. The summed E-state index contributed by atoms with van der Waals surface area (Å²) in [7, 11) is 0.496. The molecule has 2 amide bonds. The number of carbonyl (C=O) groups is 4. The van der Waals surface area contributed by atoms with Crippen molar-refractivity contribution in [2.75, 3.05) is 91.5 Å². The van der Waals surface area contributed by atoms with Crippen LogP contribution in [0.1, 0.15) is 66.2 Å². The number of ether oxygens (including phenoxy) is 4. The second-order valence-corrected chi connectivity index (χ2v) is 15.2. The van der Waals surface area contributed by atoms with Gasteiger partial charge in [-0.3, -0.25) is 29.1 Å². The first-order valence-electron chi connectivity index (χ1n) is 18.7. The maximum Gasteiger partial charge on any atom is 1.00 e. The molecule has 1 aromatic carbocycles. The van der Waals surface area contributed by atoms with Crippen molar-refractivity contribution in [3.63, 3.8) is 0 Å². The molecule has 1 fully saturated rings. The van der Waals surface area contributed by atoms with E-state index in [9.17, 15) is 32.3 Å². The van der Waals surface area contributed by atoms with E-state index in [1.807, 2.05) is 51.1 Å². The van der Waals surface area contributed by atoms with Crippen molar-refractivity contribution in [1.82, 2.24) is 14.7 Å². The number of thioether (sulfide) groups is 1. The molecular weight excluding hydrogens is 888 g/mol.